The third-order valence-corrected chi connectivity index (χ3v) is 3.63. The highest BCUT2D eigenvalue weighted by molar-refractivity contribution is 9.10. The minimum atomic E-state index is 0.720. The van der Waals surface area contributed by atoms with Crippen molar-refractivity contribution in [3.8, 4) is 5.75 Å². The molecule has 3 rings (SSSR count). The van der Waals surface area contributed by atoms with Crippen molar-refractivity contribution in [3.05, 3.63) is 51.6 Å². The number of nitrogens with one attached hydrogen (secondary N) is 1. The van der Waals surface area contributed by atoms with Gasteiger partial charge in [0.25, 0.3) is 0 Å². The molecule has 2 heterocycles. The van der Waals surface area contributed by atoms with Crippen LogP contribution in [0.5, 0.6) is 5.75 Å². The van der Waals surface area contributed by atoms with Gasteiger partial charge in [-0.05, 0) is 36.8 Å². The van der Waals surface area contributed by atoms with Gasteiger partial charge >= 0.3 is 0 Å². The zero-order valence-electron chi connectivity index (χ0n) is 10.7. The first kappa shape index (κ1) is 12.5. The number of ether oxygens (including phenoxy) is 1. The van der Waals surface area contributed by atoms with E-state index in [1.807, 2.05) is 25.1 Å². The molecule has 2 aromatic rings. The first-order valence-corrected chi connectivity index (χ1v) is 7.13. The van der Waals surface area contributed by atoms with Crippen molar-refractivity contribution in [2.45, 2.75) is 19.9 Å². The zero-order valence-corrected chi connectivity index (χ0v) is 12.3. The summed E-state index contributed by atoms with van der Waals surface area (Å²) in [5, 5.41) is 3.35. The average molecular weight is 319 g/mol. The monoisotopic (exact) mass is 318 g/mol. The van der Waals surface area contributed by atoms with Gasteiger partial charge in [-0.15, -0.1) is 0 Å². The van der Waals surface area contributed by atoms with Gasteiger partial charge in [-0.25, -0.2) is 4.98 Å². The molecule has 0 saturated heterocycles. The Morgan fingerprint density at radius 1 is 1.37 bits per heavy atom. The second kappa shape index (κ2) is 5.21. The second-order valence-corrected chi connectivity index (χ2v) is 5.59. The van der Waals surface area contributed by atoms with Crippen molar-refractivity contribution in [2.24, 2.45) is 0 Å². The van der Waals surface area contributed by atoms with E-state index in [9.17, 15) is 0 Å². The van der Waals surface area contributed by atoms with Crippen LogP contribution < -0.4 is 10.1 Å². The highest BCUT2D eigenvalue weighted by atomic mass is 79.9. The van der Waals surface area contributed by atoms with Gasteiger partial charge in [0.2, 0.25) is 0 Å². The predicted molar refractivity (Wildman–Crippen MR) is 79.6 cm³/mol. The van der Waals surface area contributed by atoms with Crippen LogP contribution in [-0.4, -0.2) is 11.6 Å². The minimum Gasteiger partial charge on any atom is -0.493 e. The molecule has 98 valence electrons. The molecule has 0 unspecified atom stereocenters. The molecule has 1 aromatic carbocycles. The molecule has 1 aromatic heterocycles. The van der Waals surface area contributed by atoms with E-state index >= 15 is 0 Å². The van der Waals surface area contributed by atoms with Crippen LogP contribution in [0.15, 0.2) is 34.8 Å². The van der Waals surface area contributed by atoms with E-state index in [1.165, 1.54) is 11.1 Å². The van der Waals surface area contributed by atoms with Gasteiger partial charge < -0.3 is 10.1 Å². The van der Waals surface area contributed by atoms with Gasteiger partial charge in [-0.3, -0.25) is 0 Å². The van der Waals surface area contributed by atoms with Crippen molar-refractivity contribution >= 4 is 21.7 Å². The van der Waals surface area contributed by atoms with Crippen LogP contribution in [0.1, 0.15) is 16.8 Å². The summed E-state index contributed by atoms with van der Waals surface area (Å²) in [6.07, 6.45) is 0.991. The Bertz CT molecular complexity index is 613. The summed E-state index contributed by atoms with van der Waals surface area (Å²) in [6, 6.07) is 10.2. The largest absolute Gasteiger partial charge is 0.493 e. The standard InChI is InChI=1S/C15H15BrN2O/c1-10-3-2-4-14(18-10)17-9-12-8-13(16)7-11-5-6-19-15(11)12/h2-4,7-8H,5-6,9H2,1H3,(H,17,18). The summed E-state index contributed by atoms with van der Waals surface area (Å²) in [5.74, 6) is 1.93. The van der Waals surface area contributed by atoms with Crippen LogP contribution in [0.4, 0.5) is 5.82 Å². The lowest BCUT2D eigenvalue weighted by Gasteiger charge is -2.11. The second-order valence-electron chi connectivity index (χ2n) is 4.67. The predicted octanol–water partition coefficient (Wildman–Crippen LogP) is 3.70. The SMILES string of the molecule is Cc1cccc(NCc2cc(Br)cc3c2OCC3)n1. The summed E-state index contributed by atoms with van der Waals surface area (Å²) in [6.45, 7) is 3.49. The van der Waals surface area contributed by atoms with E-state index in [0.717, 1.165) is 41.3 Å². The maximum absolute atomic E-state index is 5.72. The smallest absolute Gasteiger partial charge is 0.127 e. The molecule has 0 amide bonds. The fourth-order valence-corrected chi connectivity index (χ4v) is 2.86. The fraction of sp³-hybridized carbons (Fsp3) is 0.267. The Hall–Kier alpha value is -1.55. The lowest BCUT2D eigenvalue weighted by Crippen LogP contribution is -2.03. The third kappa shape index (κ3) is 2.73. The number of benzene rings is 1. The molecule has 1 N–H and O–H groups in total. The molecule has 4 heteroatoms. The Balaban J connectivity index is 1.81. The molecule has 0 spiro atoms. The number of pyridine rings is 1. The number of hydrogen-bond donors (Lipinski definition) is 1. The molecule has 0 radical (unpaired) electrons. The topological polar surface area (TPSA) is 34.1 Å². The molecule has 3 nitrogen and oxygen atoms in total. The van der Waals surface area contributed by atoms with Crippen molar-refractivity contribution in [2.75, 3.05) is 11.9 Å². The maximum atomic E-state index is 5.72. The fourth-order valence-electron chi connectivity index (χ4n) is 2.30. The van der Waals surface area contributed by atoms with Crippen molar-refractivity contribution < 1.29 is 4.74 Å². The summed E-state index contributed by atoms with van der Waals surface area (Å²) in [7, 11) is 0. The van der Waals surface area contributed by atoms with Crippen molar-refractivity contribution in [1.29, 1.82) is 0 Å². The van der Waals surface area contributed by atoms with Crippen molar-refractivity contribution in [3.63, 3.8) is 0 Å². The van der Waals surface area contributed by atoms with Crippen molar-refractivity contribution in [1.82, 2.24) is 4.98 Å². The van der Waals surface area contributed by atoms with Gasteiger partial charge in [-0.1, -0.05) is 22.0 Å². The van der Waals surface area contributed by atoms with Gasteiger partial charge in [0.1, 0.15) is 11.6 Å². The molecular formula is C15H15BrN2O. The molecular weight excluding hydrogens is 304 g/mol. The molecule has 1 aliphatic heterocycles. The highest BCUT2D eigenvalue weighted by Crippen LogP contribution is 2.33. The van der Waals surface area contributed by atoms with E-state index in [2.05, 4.69) is 38.4 Å². The van der Waals surface area contributed by atoms with Gasteiger partial charge in [0.05, 0.1) is 6.61 Å². The first-order valence-electron chi connectivity index (χ1n) is 6.34. The summed E-state index contributed by atoms with van der Waals surface area (Å²) >= 11 is 3.55. The number of anilines is 1. The van der Waals surface area contributed by atoms with Gasteiger partial charge in [0.15, 0.2) is 0 Å². The number of aromatic nitrogens is 1. The Morgan fingerprint density at radius 2 is 2.26 bits per heavy atom. The first-order chi connectivity index (χ1) is 9.22. The Kier molecular flexibility index (Phi) is 3.42. The molecule has 19 heavy (non-hydrogen) atoms. The van der Waals surface area contributed by atoms with E-state index < -0.39 is 0 Å². The lowest BCUT2D eigenvalue weighted by molar-refractivity contribution is 0.354. The summed E-state index contributed by atoms with van der Waals surface area (Å²) in [5.41, 5.74) is 3.47. The molecule has 0 fully saturated rings. The molecule has 0 atom stereocenters. The number of rotatable bonds is 3. The van der Waals surface area contributed by atoms with Crippen LogP contribution >= 0.6 is 15.9 Å². The minimum absolute atomic E-state index is 0.720. The Labute approximate surface area is 121 Å². The number of fused-ring (bicyclic) bond motifs is 1. The number of aryl methyl sites for hydroxylation is 1. The molecule has 0 bridgehead atoms. The highest BCUT2D eigenvalue weighted by Gasteiger charge is 2.17. The number of hydrogen-bond acceptors (Lipinski definition) is 3. The van der Waals surface area contributed by atoms with E-state index in [1.54, 1.807) is 0 Å². The van der Waals surface area contributed by atoms with Crippen LogP contribution in [0.25, 0.3) is 0 Å². The van der Waals surface area contributed by atoms with Crippen LogP contribution in [0.2, 0.25) is 0 Å². The summed E-state index contributed by atoms with van der Waals surface area (Å²) in [4.78, 5) is 4.44. The third-order valence-electron chi connectivity index (χ3n) is 3.17. The Morgan fingerprint density at radius 3 is 3.11 bits per heavy atom. The lowest BCUT2D eigenvalue weighted by atomic mass is 10.1. The van der Waals surface area contributed by atoms with E-state index in [-0.39, 0.29) is 0 Å². The van der Waals surface area contributed by atoms with Crippen LogP contribution in [0.3, 0.4) is 0 Å². The number of nitrogens with zero attached hydrogens (tertiary/aromatic N) is 1. The van der Waals surface area contributed by atoms with Gasteiger partial charge in [-0.2, -0.15) is 0 Å². The zero-order chi connectivity index (χ0) is 13.2. The molecule has 1 aliphatic rings. The normalized spacial score (nSPS) is 12.9. The molecule has 0 saturated carbocycles. The van der Waals surface area contributed by atoms with E-state index in [0.29, 0.717) is 0 Å². The van der Waals surface area contributed by atoms with Crippen LogP contribution in [-0.2, 0) is 13.0 Å². The average Bonchev–Trinajstić information content (AvgIpc) is 2.84. The molecule has 0 aliphatic carbocycles. The maximum Gasteiger partial charge on any atom is 0.127 e. The van der Waals surface area contributed by atoms with E-state index in [4.69, 9.17) is 4.74 Å². The van der Waals surface area contributed by atoms with Crippen LogP contribution in [0, 0.1) is 6.92 Å². The summed E-state index contributed by atoms with van der Waals surface area (Å²) < 4.78 is 6.82. The quantitative estimate of drug-likeness (QED) is 0.937. The number of halogens is 1. The van der Waals surface area contributed by atoms with Gasteiger partial charge in [0, 0.05) is 28.7 Å².